The van der Waals surface area contributed by atoms with Crippen molar-refractivity contribution >= 4 is 11.8 Å². The number of aryl methyl sites for hydroxylation is 1. The third-order valence-corrected chi connectivity index (χ3v) is 6.35. The van der Waals surface area contributed by atoms with E-state index < -0.39 is 6.10 Å². The summed E-state index contributed by atoms with van der Waals surface area (Å²) < 4.78 is 6.05. The molecule has 0 saturated heterocycles. The highest BCUT2D eigenvalue weighted by Gasteiger charge is 2.33. The van der Waals surface area contributed by atoms with Gasteiger partial charge in [0.1, 0.15) is 5.75 Å². The lowest BCUT2D eigenvalue weighted by Gasteiger charge is -2.38. The smallest absolute Gasteiger partial charge is 0.260 e. The molecule has 0 aromatic heterocycles. The van der Waals surface area contributed by atoms with E-state index in [1.54, 1.807) is 6.92 Å². The Hall–Kier alpha value is -3.60. The zero-order valence-corrected chi connectivity index (χ0v) is 21.0. The number of carbonyl (C=O) groups is 2. The van der Waals surface area contributed by atoms with Crippen molar-refractivity contribution in [1.29, 1.82) is 0 Å². The zero-order valence-electron chi connectivity index (χ0n) is 21.0. The number of benzene rings is 3. The van der Waals surface area contributed by atoms with Crippen molar-refractivity contribution in [2.24, 2.45) is 5.92 Å². The van der Waals surface area contributed by atoms with E-state index in [0.29, 0.717) is 30.3 Å². The number of amides is 2. The molecule has 1 N–H and O–H groups in total. The van der Waals surface area contributed by atoms with Gasteiger partial charge in [0, 0.05) is 18.7 Å². The van der Waals surface area contributed by atoms with E-state index in [1.165, 1.54) is 5.56 Å². The van der Waals surface area contributed by atoms with E-state index in [1.807, 2.05) is 53.4 Å². The van der Waals surface area contributed by atoms with Crippen LogP contribution in [0.25, 0.3) is 0 Å². The second-order valence-corrected chi connectivity index (χ2v) is 9.69. The molecule has 2 amide bonds. The van der Waals surface area contributed by atoms with Crippen LogP contribution in [-0.4, -0.2) is 35.9 Å². The fourth-order valence-electron chi connectivity index (χ4n) is 4.54. The van der Waals surface area contributed by atoms with Gasteiger partial charge in [0.2, 0.25) is 0 Å². The third kappa shape index (κ3) is 5.73. The largest absolute Gasteiger partial charge is 0.481 e. The maximum absolute atomic E-state index is 13.6. The van der Waals surface area contributed by atoms with Crippen LogP contribution in [0, 0.1) is 12.8 Å². The minimum atomic E-state index is -0.616. The highest BCUT2D eigenvalue weighted by atomic mass is 16.5. The molecular weight excluding hydrogens is 436 g/mol. The highest BCUT2D eigenvalue weighted by Crippen LogP contribution is 2.38. The number of nitrogens with one attached hydrogen (secondary N) is 1. The highest BCUT2D eigenvalue weighted by molar-refractivity contribution is 5.95. The molecule has 1 aliphatic heterocycles. The molecule has 3 aromatic carbocycles. The maximum Gasteiger partial charge on any atom is 0.260 e. The molecular formula is C30H34N2O3. The molecule has 0 aliphatic carbocycles. The molecule has 1 heterocycles. The number of carbonyl (C=O) groups excluding carboxylic acids is 2. The molecule has 2 unspecified atom stereocenters. The Balaban J connectivity index is 1.68. The second kappa shape index (κ2) is 10.8. The number of ether oxygens (including phenoxy) is 1. The van der Waals surface area contributed by atoms with Crippen LogP contribution in [0.4, 0.5) is 0 Å². The summed E-state index contributed by atoms with van der Waals surface area (Å²) in [5.41, 5.74) is 5.12. The van der Waals surface area contributed by atoms with Gasteiger partial charge in [-0.15, -0.1) is 0 Å². The van der Waals surface area contributed by atoms with E-state index in [0.717, 1.165) is 23.1 Å². The number of fused-ring (bicyclic) bond motifs is 1. The molecule has 0 saturated carbocycles. The van der Waals surface area contributed by atoms with Gasteiger partial charge in [-0.3, -0.25) is 9.59 Å². The number of hydrogen-bond acceptors (Lipinski definition) is 3. The topological polar surface area (TPSA) is 58.6 Å². The molecule has 0 radical (unpaired) electrons. The molecule has 35 heavy (non-hydrogen) atoms. The predicted octanol–water partition coefficient (Wildman–Crippen LogP) is 5.32. The van der Waals surface area contributed by atoms with Crippen molar-refractivity contribution in [2.75, 3.05) is 13.1 Å². The van der Waals surface area contributed by atoms with E-state index in [2.05, 4.69) is 50.4 Å². The first-order valence-corrected chi connectivity index (χ1v) is 12.3. The molecule has 1 aliphatic rings. The lowest BCUT2D eigenvalue weighted by molar-refractivity contribution is -0.127. The van der Waals surface area contributed by atoms with Crippen LogP contribution in [0.5, 0.6) is 5.75 Å². The van der Waals surface area contributed by atoms with Gasteiger partial charge in [-0.25, -0.2) is 0 Å². The Kier molecular flexibility index (Phi) is 7.54. The lowest BCUT2D eigenvalue weighted by atomic mass is 9.87. The minimum absolute atomic E-state index is 0.00973. The Morgan fingerprint density at radius 2 is 1.77 bits per heavy atom. The summed E-state index contributed by atoms with van der Waals surface area (Å²) in [5, 5.41) is 2.93. The molecule has 5 nitrogen and oxygen atoms in total. The number of hydrogen-bond donors (Lipinski definition) is 1. The Bertz CT molecular complexity index is 1190. The summed E-state index contributed by atoms with van der Waals surface area (Å²) >= 11 is 0. The first-order valence-electron chi connectivity index (χ1n) is 12.3. The second-order valence-electron chi connectivity index (χ2n) is 9.69. The molecule has 0 spiro atoms. The van der Waals surface area contributed by atoms with Crippen LogP contribution in [0.2, 0.25) is 0 Å². The van der Waals surface area contributed by atoms with Gasteiger partial charge in [-0.2, -0.15) is 0 Å². The van der Waals surface area contributed by atoms with Gasteiger partial charge in [0.05, 0.1) is 6.04 Å². The first-order chi connectivity index (χ1) is 16.8. The average molecular weight is 471 g/mol. The van der Waals surface area contributed by atoms with Gasteiger partial charge in [-0.05, 0) is 67.1 Å². The van der Waals surface area contributed by atoms with Crippen LogP contribution >= 0.6 is 0 Å². The van der Waals surface area contributed by atoms with E-state index >= 15 is 0 Å². The quantitative estimate of drug-likeness (QED) is 0.508. The van der Waals surface area contributed by atoms with E-state index in [-0.39, 0.29) is 17.9 Å². The van der Waals surface area contributed by atoms with Crippen molar-refractivity contribution in [3.63, 3.8) is 0 Å². The summed E-state index contributed by atoms with van der Waals surface area (Å²) in [6, 6.07) is 23.5. The predicted molar refractivity (Wildman–Crippen MR) is 139 cm³/mol. The Morgan fingerprint density at radius 1 is 1.00 bits per heavy atom. The average Bonchev–Trinajstić information content (AvgIpc) is 2.86. The van der Waals surface area contributed by atoms with Crippen LogP contribution in [0.3, 0.4) is 0 Å². The first kappa shape index (κ1) is 24.5. The number of rotatable bonds is 7. The maximum atomic E-state index is 13.6. The Labute approximate surface area is 208 Å². The molecule has 182 valence electrons. The summed E-state index contributed by atoms with van der Waals surface area (Å²) in [7, 11) is 0. The summed E-state index contributed by atoms with van der Waals surface area (Å²) in [5.74, 6) is 0.878. The van der Waals surface area contributed by atoms with Gasteiger partial charge >= 0.3 is 0 Å². The molecule has 0 fully saturated rings. The van der Waals surface area contributed by atoms with Gasteiger partial charge in [0.25, 0.3) is 11.8 Å². The molecule has 0 bridgehead atoms. The van der Waals surface area contributed by atoms with Crippen molar-refractivity contribution < 1.29 is 14.3 Å². The van der Waals surface area contributed by atoms with Crippen molar-refractivity contribution in [2.45, 2.75) is 46.3 Å². The SMILES string of the molecule is Cc1cccc(C2c3cc(OC(C)C(=O)NCC(C)C)ccc3CCN2C(=O)c2ccccc2)c1. The van der Waals surface area contributed by atoms with Crippen LogP contribution in [-0.2, 0) is 11.2 Å². The minimum Gasteiger partial charge on any atom is -0.481 e. The van der Waals surface area contributed by atoms with Crippen LogP contribution < -0.4 is 10.1 Å². The monoisotopic (exact) mass is 470 g/mol. The van der Waals surface area contributed by atoms with E-state index in [9.17, 15) is 9.59 Å². The molecule has 5 heteroatoms. The summed E-state index contributed by atoms with van der Waals surface area (Å²) in [4.78, 5) is 28.0. The van der Waals surface area contributed by atoms with Crippen molar-refractivity contribution in [3.05, 3.63) is 101 Å². The summed E-state index contributed by atoms with van der Waals surface area (Å²) in [6.07, 6.45) is 0.149. The van der Waals surface area contributed by atoms with Crippen molar-refractivity contribution in [1.82, 2.24) is 10.2 Å². The lowest BCUT2D eigenvalue weighted by Crippen LogP contribution is -2.41. The number of nitrogens with zero attached hydrogens (tertiary/aromatic N) is 1. The molecule has 4 rings (SSSR count). The van der Waals surface area contributed by atoms with Gasteiger partial charge < -0.3 is 15.0 Å². The zero-order chi connectivity index (χ0) is 24.9. The van der Waals surface area contributed by atoms with Crippen LogP contribution in [0.1, 0.15) is 59.4 Å². The van der Waals surface area contributed by atoms with Crippen molar-refractivity contribution in [3.8, 4) is 5.75 Å². The standard InChI is InChI=1S/C30H34N2O3/c1-20(2)19-31-29(33)22(4)35-26-14-13-23-15-16-32(30(34)24-10-6-5-7-11-24)28(27(23)18-26)25-12-8-9-21(3)17-25/h5-14,17-18,20,22,28H,15-16,19H2,1-4H3,(H,31,33). The fraction of sp³-hybridized carbons (Fsp3) is 0.333. The summed E-state index contributed by atoms with van der Waals surface area (Å²) in [6.45, 7) is 9.19. The van der Waals surface area contributed by atoms with Gasteiger partial charge in [-0.1, -0.05) is 67.9 Å². The molecule has 2 atom stereocenters. The van der Waals surface area contributed by atoms with E-state index in [4.69, 9.17) is 4.74 Å². The Morgan fingerprint density at radius 3 is 2.49 bits per heavy atom. The van der Waals surface area contributed by atoms with Crippen LogP contribution in [0.15, 0.2) is 72.8 Å². The molecule has 3 aromatic rings. The normalized spacial score (nSPS) is 15.9. The third-order valence-electron chi connectivity index (χ3n) is 6.35. The fourth-order valence-corrected chi connectivity index (χ4v) is 4.54. The van der Waals surface area contributed by atoms with Gasteiger partial charge in [0.15, 0.2) is 6.10 Å².